The highest BCUT2D eigenvalue weighted by atomic mass is 32.2. The first kappa shape index (κ1) is 23.6. The number of aryl methyl sites for hydroxylation is 1. The van der Waals surface area contributed by atoms with E-state index < -0.39 is 0 Å². The van der Waals surface area contributed by atoms with Crippen LogP contribution in [0.4, 0.5) is 5.69 Å². The zero-order valence-electron chi connectivity index (χ0n) is 18.3. The lowest BCUT2D eigenvalue weighted by atomic mass is 10.1. The second-order valence-corrected chi connectivity index (χ2v) is 8.64. The highest BCUT2D eigenvalue weighted by Gasteiger charge is 2.32. The number of carbonyl (C=O) groups is 2. The van der Waals surface area contributed by atoms with Crippen LogP contribution >= 0.6 is 24.0 Å². The van der Waals surface area contributed by atoms with Crippen molar-refractivity contribution in [3.63, 3.8) is 0 Å². The van der Waals surface area contributed by atoms with E-state index in [0.717, 1.165) is 11.3 Å². The van der Waals surface area contributed by atoms with Gasteiger partial charge < -0.3 is 19.5 Å². The van der Waals surface area contributed by atoms with E-state index in [9.17, 15) is 9.59 Å². The van der Waals surface area contributed by atoms with E-state index in [2.05, 4.69) is 5.32 Å². The molecule has 0 atom stereocenters. The molecule has 1 fully saturated rings. The fraction of sp³-hybridized carbons (Fsp3) is 0.261. The maximum atomic E-state index is 12.9. The van der Waals surface area contributed by atoms with Gasteiger partial charge in [-0.2, -0.15) is 0 Å². The standard InChI is InChI=1S/C23H24N2O5S2/c1-14-6-5-7-16(10-14)24-20(26)8-9-25-22(27)19(32-23(25)31)13-15-11-17(28-2)21(30-4)18(12-15)29-3/h5-7,10-13H,8-9H2,1-4H3,(H,24,26)/b19-13-. The molecule has 3 rings (SSSR count). The Morgan fingerprint density at radius 1 is 1.12 bits per heavy atom. The molecule has 0 saturated carbocycles. The quantitative estimate of drug-likeness (QED) is 0.455. The lowest BCUT2D eigenvalue weighted by Gasteiger charge is -2.14. The van der Waals surface area contributed by atoms with E-state index >= 15 is 0 Å². The minimum atomic E-state index is -0.239. The normalized spacial score (nSPS) is 14.6. The number of hydrogen-bond acceptors (Lipinski definition) is 7. The van der Waals surface area contributed by atoms with E-state index in [1.807, 2.05) is 31.2 Å². The fourth-order valence-electron chi connectivity index (χ4n) is 3.19. The van der Waals surface area contributed by atoms with Gasteiger partial charge in [0, 0.05) is 18.7 Å². The van der Waals surface area contributed by atoms with Crippen LogP contribution < -0.4 is 19.5 Å². The second kappa shape index (κ2) is 10.5. The predicted octanol–water partition coefficient (Wildman–Crippen LogP) is 4.25. The molecule has 1 aliphatic heterocycles. The molecule has 1 heterocycles. The molecule has 7 nitrogen and oxygen atoms in total. The van der Waals surface area contributed by atoms with Crippen LogP contribution in [-0.4, -0.2) is 48.9 Å². The number of ether oxygens (including phenoxy) is 3. The third-order valence-electron chi connectivity index (χ3n) is 4.72. The Morgan fingerprint density at radius 2 is 1.81 bits per heavy atom. The summed E-state index contributed by atoms with van der Waals surface area (Å²) in [6.07, 6.45) is 1.86. The van der Waals surface area contributed by atoms with Gasteiger partial charge in [0.05, 0.1) is 26.2 Å². The van der Waals surface area contributed by atoms with Crippen LogP contribution in [0.1, 0.15) is 17.5 Å². The van der Waals surface area contributed by atoms with Crippen molar-refractivity contribution in [2.75, 3.05) is 33.2 Å². The Kier molecular flexibility index (Phi) is 7.76. The molecule has 2 amide bonds. The number of carbonyl (C=O) groups excluding carboxylic acids is 2. The van der Waals surface area contributed by atoms with Crippen molar-refractivity contribution in [2.24, 2.45) is 0 Å². The maximum absolute atomic E-state index is 12.9. The topological polar surface area (TPSA) is 77.1 Å². The van der Waals surface area contributed by atoms with Crippen LogP contribution in [0.3, 0.4) is 0 Å². The smallest absolute Gasteiger partial charge is 0.266 e. The first-order valence-electron chi connectivity index (χ1n) is 9.78. The van der Waals surface area contributed by atoms with Gasteiger partial charge in [-0.25, -0.2) is 0 Å². The molecule has 168 valence electrons. The van der Waals surface area contributed by atoms with Crippen LogP contribution in [0.15, 0.2) is 41.3 Å². The summed E-state index contributed by atoms with van der Waals surface area (Å²) in [6, 6.07) is 11.0. The number of thiocarbonyl (C=S) groups is 1. The summed E-state index contributed by atoms with van der Waals surface area (Å²) in [5, 5.41) is 2.84. The zero-order chi connectivity index (χ0) is 23.3. The third kappa shape index (κ3) is 5.41. The molecule has 2 aromatic rings. The van der Waals surface area contributed by atoms with E-state index in [0.29, 0.717) is 32.0 Å². The van der Waals surface area contributed by atoms with Crippen molar-refractivity contribution in [3.05, 3.63) is 52.4 Å². The van der Waals surface area contributed by atoms with E-state index in [4.69, 9.17) is 26.4 Å². The zero-order valence-corrected chi connectivity index (χ0v) is 19.9. The Morgan fingerprint density at radius 3 is 2.41 bits per heavy atom. The number of thioether (sulfide) groups is 1. The monoisotopic (exact) mass is 472 g/mol. The van der Waals surface area contributed by atoms with Gasteiger partial charge in [0.1, 0.15) is 4.32 Å². The first-order chi connectivity index (χ1) is 15.4. The van der Waals surface area contributed by atoms with Gasteiger partial charge in [-0.1, -0.05) is 36.1 Å². The van der Waals surface area contributed by atoms with Crippen molar-refractivity contribution in [1.29, 1.82) is 0 Å². The Balaban J connectivity index is 1.70. The van der Waals surface area contributed by atoms with Crippen LogP contribution in [0.2, 0.25) is 0 Å². The molecular weight excluding hydrogens is 448 g/mol. The number of amides is 2. The second-order valence-electron chi connectivity index (χ2n) is 6.96. The summed E-state index contributed by atoms with van der Waals surface area (Å²) in [7, 11) is 4.59. The number of anilines is 1. The highest BCUT2D eigenvalue weighted by molar-refractivity contribution is 8.26. The average Bonchev–Trinajstić information content (AvgIpc) is 3.03. The summed E-state index contributed by atoms with van der Waals surface area (Å²) in [5.74, 6) is 1.03. The Bertz CT molecular complexity index is 1060. The average molecular weight is 473 g/mol. The molecule has 1 N–H and O–H groups in total. The molecule has 1 saturated heterocycles. The number of nitrogens with one attached hydrogen (secondary N) is 1. The molecule has 2 aromatic carbocycles. The van der Waals surface area contributed by atoms with Crippen LogP contribution in [0.5, 0.6) is 17.2 Å². The number of nitrogens with zero attached hydrogens (tertiary/aromatic N) is 1. The maximum Gasteiger partial charge on any atom is 0.266 e. The summed E-state index contributed by atoms with van der Waals surface area (Å²) < 4.78 is 16.5. The van der Waals surface area contributed by atoms with Crippen LogP contribution in [0, 0.1) is 6.92 Å². The molecular formula is C23H24N2O5S2. The summed E-state index contributed by atoms with van der Waals surface area (Å²) >= 11 is 6.57. The number of rotatable bonds is 8. The van der Waals surface area contributed by atoms with Crippen LogP contribution in [-0.2, 0) is 9.59 Å². The molecule has 0 spiro atoms. The van der Waals surface area contributed by atoms with Gasteiger partial charge in [0.25, 0.3) is 5.91 Å². The van der Waals surface area contributed by atoms with E-state index in [-0.39, 0.29) is 24.8 Å². The predicted molar refractivity (Wildman–Crippen MR) is 130 cm³/mol. The Hall–Kier alpha value is -3.04. The van der Waals surface area contributed by atoms with Crippen LogP contribution in [0.25, 0.3) is 6.08 Å². The van der Waals surface area contributed by atoms with Gasteiger partial charge in [-0.3, -0.25) is 14.5 Å². The van der Waals surface area contributed by atoms with E-state index in [1.54, 1.807) is 18.2 Å². The SMILES string of the molecule is COc1cc(/C=C2\SC(=S)N(CCC(=O)Nc3cccc(C)c3)C2=O)cc(OC)c1OC. The summed E-state index contributed by atoms with van der Waals surface area (Å²) in [6.45, 7) is 2.16. The number of methoxy groups -OCH3 is 3. The van der Waals surface area contributed by atoms with Crippen molar-refractivity contribution in [3.8, 4) is 17.2 Å². The largest absolute Gasteiger partial charge is 0.493 e. The minimum absolute atomic E-state index is 0.137. The van der Waals surface area contributed by atoms with Gasteiger partial charge in [0.15, 0.2) is 11.5 Å². The Labute approximate surface area is 196 Å². The summed E-state index contributed by atoms with van der Waals surface area (Å²) in [5.41, 5.74) is 2.48. The molecule has 0 unspecified atom stereocenters. The molecule has 0 aliphatic carbocycles. The number of hydrogen-bond donors (Lipinski definition) is 1. The van der Waals surface area contributed by atoms with Crippen molar-refractivity contribution < 1.29 is 23.8 Å². The highest BCUT2D eigenvalue weighted by Crippen LogP contribution is 2.40. The van der Waals surface area contributed by atoms with Crippen molar-refractivity contribution in [1.82, 2.24) is 4.90 Å². The molecule has 9 heteroatoms. The third-order valence-corrected chi connectivity index (χ3v) is 6.10. The lowest BCUT2D eigenvalue weighted by molar-refractivity contribution is -0.122. The first-order valence-corrected chi connectivity index (χ1v) is 11.0. The molecule has 0 aromatic heterocycles. The van der Waals surface area contributed by atoms with Gasteiger partial charge >= 0.3 is 0 Å². The molecule has 1 aliphatic rings. The van der Waals surface area contributed by atoms with Gasteiger partial charge in [-0.05, 0) is 48.4 Å². The van der Waals surface area contributed by atoms with E-state index in [1.165, 1.54) is 38.0 Å². The van der Waals surface area contributed by atoms with Gasteiger partial charge in [0.2, 0.25) is 11.7 Å². The lowest BCUT2D eigenvalue weighted by Crippen LogP contribution is -2.31. The minimum Gasteiger partial charge on any atom is -0.493 e. The van der Waals surface area contributed by atoms with Crippen molar-refractivity contribution >= 4 is 51.9 Å². The fourth-order valence-corrected chi connectivity index (χ4v) is 4.50. The van der Waals surface area contributed by atoms with Crippen molar-refractivity contribution in [2.45, 2.75) is 13.3 Å². The number of benzene rings is 2. The molecule has 32 heavy (non-hydrogen) atoms. The summed E-state index contributed by atoms with van der Waals surface area (Å²) in [4.78, 5) is 27.1. The van der Waals surface area contributed by atoms with Gasteiger partial charge in [-0.15, -0.1) is 0 Å². The molecule has 0 bridgehead atoms. The molecule has 0 radical (unpaired) electrons.